The van der Waals surface area contributed by atoms with Crippen LogP contribution < -0.4 is 19.9 Å². The zero-order chi connectivity index (χ0) is 29.9. The molecule has 4 aliphatic rings. The van der Waals surface area contributed by atoms with Crippen LogP contribution in [0.2, 0.25) is 0 Å². The maximum Gasteiger partial charge on any atom is 0.241 e. The minimum absolute atomic E-state index is 0.0795. The molecule has 1 amide bonds. The molecule has 3 aromatic rings. The average molecular weight is 593 g/mol. The Morgan fingerprint density at radius 2 is 1.98 bits per heavy atom. The van der Waals surface area contributed by atoms with E-state index in [1.807, 2.05) is 9.42 Å². The summed E-state index contributed by atoms with van der Waals surface area (Å²) in [5.41, 5.74) is 3.77. The Hall–Kier alpha value is -3.32. The summed E-state index contributed by atoms with van der Waals surface area (Å²) in [6.45, 7) is 15.5. The molecule has 0 radical (unpaired) electrons. The fourth-order valence-electron chi connectivity index (χ4n) is 7.18. The normalized spacial score (nSPS) is 25.9. The Labute approximate surface area is 251 Å². The molecule has 2 aromatic heterocycles. The Bertz CT molecular complexity index is 1530. The molecule has 3 atom stereocenters. The Balaban J connectivity index is 1.21. The molecule has 11 nitrogen and oxygen atoms in total. The minimum Gasteiger partial charge on any atom is -0.489 e. The van der Waals surface area contributed by atoms with Crippen LogP contribution in [-0.4, -0.2) is 114 Å². The number of anilines is 3. The number of hydrogen-bond donors (Lipinski definition) is 1. The highest BCUT2D eigenvalue weighted by Gasteiger charge is 2.43. The van der Waals surface area contributed by atoms with Crippen molar-refractivity contribution in [2.24, 2.45) is 0 Å². The van der Waals surface area contributed by atoms with Crippen molar-refractivity contribution in [2.75, 3.05) is 75.4 Å². The lowest BCUT2D eigenvalue weighted by Crippen LogP contribution is -2.62. The second kappa shape index (κ2) is 11.0. The van der Waals surface area contributed by atoms with Gasteiger partial charge in [0.15, 0.2) is 5.65 Å². The standard InChI is InChI=1S/C31H41FN8O3/c1-20-14-37(23(13-33-20)15-36-7-9-42-17-21(36)2)16-28(41)39-18-31(3,4)29-25(39)12-26(30-34-19-35-40(29)30)38-8-10-43-27-11-22(32)5-6-24(27)38/h5-6,11-12,19-21,23,33H,7-10,13-18H2,1-4H3/t20-,21-,23-/m1/s1. The van der Waals surface area contributed by atoms with Gasteiger partial charge < -0.3 is 24.6 Å². The summed E-state index contributed by atoms with van der Waals surface area (Å²) in [7, 11) is 0. The van der Waals surface area contributed by atoms with E-state index in [1.54, 1.807) is 12.4 Å². The van der Waals surface area contributed by atoms with Gasteiger partial charge in [0.1, 0.15) is 24.5 Å². The van der Waals surface area contributed by atoms with Gasteiger partial charge in [0, 0.05) is 62.3 Å². The first-order chi connectivity index (χ1) is 20.7. The van der Waals surface area contributed by atoms with E-state index in [-0.39, 0.29) is 23.2 Å². The number of nitrogens with zero attached hydrogens (tertiary/aromatic N) is 7. The number of benzene rings is 1. The number of halogens is 1. The number of aromatic nitrogens is 3. The lowest BCUT2D eigenvalue weighted by molar-refractivity contribution is -0.121. The van der Waals surface area contributed by atoms with Crippen LogP contribution in [0.5, 0.6) is 5.75 Å². The van der Waals surface area contributed by atoms with Gasteiger partial charge in [0.05, 0.1) is 49.1 Å². The lowest BCUT2D eigenvalue weighted by atomic mass is 9.91. The third-order valence-corrected chi connectivity index (χ3v) is 9.38. The van der Waals surface area contributed by atoms with Crippen LogP contribution in [0.15, 0.2) is 30.6 Å². The molecule has 0 spiro atoms. The number of ether oxygens (including phenoxy) is 2. The molecule has 43 heavy (non-hydrogen) atoms. The topological polar surface area (TPSA) is 90.7 Å². The van der Waals surface area contributed by atoms with Crippen LogP contribution in [0.25, 0.3) is 5.65 Å². The Morgan fingerprint density at radius 1 is 1.12 bits per heavy atom. The van der Waals surface area contributed by atoms with E-state index in [9.17, 15) is 9.18 Å². The Morgan fingerprint density at radius 3 is 2.81 bits per heavy atom. The first kappa shape index (κ1) is 28.5. The van der Waals surface area contributed by atoms with Crippen molar-refractivity contribution in [3.05, 3.63) is 42.1 Å². The van der Waals surface area contributed by atoms with Gasteiger partial charge in [0.25, 0.3) is 0 Å². The summed E-state index contributed by atoms with van der Waals surface area (Å²) in [6.07, 6.45) is 1.56. The van der Waals surface area contributed by atoms with Crippen molar-refractivity contribution in [3.8, 4) is 5.75 Å². The van der Waals surface area contributed by atoms with Gasteiger partial charge in [-0.1, -0.05) is 13.8 Å². The number of morpholine rings is 1. The molecule has 1 aromatic carbocycles. The highest BCUT2D eigenvalue weighted by molar-refractivity contribution is 5.99. The van der Waals surface area contributed by atoms with E-state index in [2.05, 4.69) is 63.9 Å². The smallest absolute Gasteiger partial charge is 0.241 e. The van der Waals surface area contributed by atoms with Crippen molar-refractivity contribution < 1.29 is 18.7 Å². The zero-order valence-electron chi connectivity index (χ0n) is 25.4. The van der Waals surface area contributed by atoms with Crippen LogP contribution in [0.4, 0.5) is 21.5 Å². The second-order valence-electron chi connectivity index (χ2n) is 13.0. The molecule has 12 heteroatoms. The number of piperazine rings is 1. The Kier molecular flexibility index (Phi) is 7.27. The molecule has 6 heterocycles. The van der Waals surface area contributed by atoms with Gasteiger partial charge in [-0.15, -0.1) is 0 Å². The molecule has 7 rings (SSSR count). The van der Waals surface area contributed by atoms with Gasteiger partial charge in [-0.3, -0.25) is 14.6 Å². The van der Waals surface area contributed by atoms with Gasteiger partial charge in [0.2, 0.25) is 5.91 Å². The van der Waals surface area contributed by atoms with Gasteiger partial charge in [-0.05, 0) is 32.0 Å². The molecular formula is C31H41FN8O3. The lowest BCUT2D eigenvalue weighted by Gasteiger charge is -2.43. The van der Waals surface area contributed by atoms with Crippen molar-refractivity contribution in [3.63, 3.8) is 0 Å². The van der Waals surface area contributed by atoms with Crippen molar-refractivity contribution in [1.82, 2.24) is 29.7 Å². The van der Waals surface area contributed by atoms with Crippen LogP contribution in [0.3, 0.4) is 0 Å². The number of carbonyl (C=O) groups is 1. The molecule has 2 saturated heterocycles. The van der Waals surface area contributed by atoms with E-state index in [4.69, 9.17) is 9.47 Å². The summed E-state index contributed by atoms with van der Waals surface area (Å²) < 4.78 is 27.4. The van der Waals surface area contributed by atoms with E-state index in [1.165, 1.54) is 12.1 Å². The highest BCUT2D eigenvalue weighted by atomic mass is 19.1. The molecule has 230 valence electrons. The average Bonchev–Trinajstić information content (AvgIpc) is 3.56. The molecule has 0 aliphatic carbocycles. The van der Waals surface area contributed by atoms with E-state index < -0.39 is 0 Å². The van der Waals surface area contributed by atoms with Crippen molar-refractivity contribution in [2.45, 2.75) is 51.2 Å². The molecule has 0 unspecified atom stereocenters. The molecule has 2 fully saturated rings. The van der Waals surface area contributed by atoms with Crippen molar-refractivity contribution in [1.29, 1.82) is 0 Å². The predicted molar refractivity (Wildman–Crippen MR) is 162 cm³/mol. The van der Waals surface area contributed by atoms with E-state index in [0.717, 1.165) is 62.1 Å². The monoisotopic (exact) mass is 592 g/mol. The molecule has 4 aliphatic heterocycles. The molecule has 0 saturated carbocycles. The third kappa shape index (κ3) is 5.13. The number of hydrogen-bond acceptors (Lipinski definition) is 9. The number of rotatable bonds is 5. The fraction of sp³-hybridized carbons (Fsp3) is 0.581. The molecule has 0 bridgehead atoms. The number of amides is 1. The number of pyridine rings is 1. The fourth-order valence-corrected chi connectivity index (χ4v) is 7.18. The SMILES string of the molecule is C[C@@H]1CN(CC(=O)N2CC(C)(C)c3c2cc(N2CCOc4cc(F)ccc42)c2ncnn32)[C@@H](CN2CCOC[C@H]2C)CN1. The number of carbonyl (C=O) groups excluding carboxylic acids is 1. The predicted octanol–water partition coefficient (Wildman–Crippen LogP) is 2.41. The first-order valence-corrected chi connectivity index (χ1v) is 15.4. The summed E-state index contributed by atoms with van der Waals surface area (Å²) in [5, 5.41) is 8.26. The number of fused-ring (bicyclic) bond motifs is 4. The van der Waals surface area contributed by atoms with Crippen molar-refractivity contribution >= 4 is 28.6 Å². The maximum absolute atomic E-state index is 14.3. The maximum atomic E-state index is 14.3. The first-order valence-electron chi connectivity index (χ1n) is 15.4. The second-order valence-corrected chi connectivity index (χ2v) is 13.0. The summed E-state index contributed by atoms with van der Waals surface area (Å²) >= 11 is 0. The van der Waals surface area contributed by atoms with E-state index in [0.29, 0.717) is 49.7 Å². The summed E-state index contributed by atoms with van der Waals surface area (Å²) in [4.78, 5) is 27.8. The van der Waals surface area contributed by atoms with E-state index >= 15 is 0 Å². The van der Waals surface area contributed by atoms with Gasteiger partial charge >= 0.3 is 0 Å². The quantitative estimate of drug-likeness (QED) is 0.480. The summed E-state index contributed by atoms with van der Waals surface area (Å²) in [6, 6.07) is 7.56. The molecule has 1 N–H and O–H groups in total. The highest BCUT2D eigenvalue weighted by Crippen LogP contribution is 2.46. The van der Waals surface area contributed by atoms with Crippen LogP contribution in [0, 0.1) is 5.82 Å². The third-order valence-electron chi connectivity index (χ3n) is 9.38. The van der Waals surface area contributed by atoms with Crippen LogP contribution >= 0.6 is 0 Å². The minimum atomic E-state index is -0.343. The van der Waals surface area contributed by atoms with Gasteiger partial charge in [-0.25, -0.2) is 13.9 Å². The molecular weight excluding hydrogens is 551 g/mol. The van der Waals surface area contributed by atoms with Crippen LogP contribution in [0.1, 0.15) is 33.4 Å². The number of nitrogens with one attached hydrogen (secondary N) is 1. The zero-order valence-corrected chi connectivity index (χ0v) is 25.4. The van der Waals surface area contributed by atoms with Crippen LogP contribution in [-0.2, 0) is 14.9 Å². The largest absolute Gasteiger partial charge is 0.489 e. The van der Waals surface area contributed by atoms with Gasteiger partial charge in [-0.2, -0.15) is 5.10 Å². The summed E-state index contributed by atoms with van der Waals surface area (Å²) in [5.74, 6) is 0.228.